The van der Waals surface area contributed by atoms with Crippen LogP contribution in [-0.4, -0.2) is 14.5 Å². The van der Waals surface area contributed by atoms with Crippen LogP contribution < -0.4 is 0 Å². The molecular formula is C54H33N3O. The van der Waals surface area contributed by atoms with E-state index in [0.717, 1.165) is 93.9 Å². The minimum Gasteiger partial charge on any atom is -0.456 e. The summed E-state index contributed by atoms with van der Waals surface area (Å²) < 4.78 is 8.54. The van der Waals surface area contributed by atoms with Crippen LogP contribution in [0.15, 0.2) is 205 Å². The number of fused-ring (bicyclic) bond motifs is 9. The van der Waals surface area contributed by atoms with Crippen LogP contribution >= 0.6 is 0 Å². The number of hydrogen-bond acceptors (Lipinski definition) is 3. The smallest absolute Gasteiger partial charge is 0.235 e. The molecule has 0 bridgehead atoms. The van der Waals surface area contributed by atoms with Gasteiger partial charge in [-0.2, -0.15) is 0 Å². The first-order chi connectivity index (χ1) is 28.8. The van der Waals surface area contributed by atoms with Crippen molar-refractivity contribution in [1.82, 2.24) is 14.5 Å². The Hall–Kier alpha value is -7.82. The molecule has 0 amide bonds. The van der Waals surface area contributed by atoms with Crippen molar-refractivity contribution in [3.63, 3.8) is 0 Å². The van der Waals surface area contributed by atoms with E-state index in [2.05, 4.69) is 187 Å². The van der Waals surface area contributed by atoms with E-state index in [0.29, 0.717) is 5.95 Å². The van der Waals surface area contributed by atoms with Gasteiger partial charge in [0, 0.05) is 38.1 Å². The number of hydrogen-bond donors (Lipinski definition) is 0. The Morgan fingerprint density at radius 2 is 0.983 bits per heavy atom. The molecule has 9 aromatic carbocycles. The highest BCUT2D eigenvalue weighted by atomic mass is 16.3. The van der Waals surface area contributed by atoms with Gasteiger partial charge in [-0.1, -0.05) is 164 Å². The fourth-order valence-electron chi connectivity index (χ4n) is 9.00. The molecule has 0 fully saturated rings. The van der Waals surface area contributed by atoms with Gasteiger partial charge in [0.15, 0.2) is 0 Å². The maximum Gasteiger partial charge on any atom is 0.235 e. The quantitative estimate of drug-likeness (QED) is 0.177. The maximum absolute atomic E-state index is 6.26. The highest BCUT2D eigenvalue weighted by Crippen LogP contribution is 2.43. The highest BCUT2D eigenvalue weighted by molar-refractivity contribution is 6.23. The predicted molar refractivity (Wildman–Crippen MR) is 240 cm³/mol. The lowest BCUT2D eigenvalue weighted by Crippen LogP contribution is -2.04. The molecule has 0 radical (unpaired) electrons. The summed E-state index contributed by atoms with van der Waals surface area (Å²) in [6.45, 7) is 0. The first-order valence-electron chi connectivity index (χ1n) is 19.7. The molecule has 12 rings (SSSR count). The lowest BCUT2D eigenvalue weighted by atomic mass is 9.94. The Kier molecular flexibility index (Phi) is 7.20. The van der Waals surface area contributed by atoms with Crippen molar-refractivity contribution < 1.29 is 4.42 Å². The molecule has 0 aliphatic rings. The summed E-state index contributed by atoms with van der Waals surface area (Å²) in [5.74, 6) is 0.644. The average Bonchev–Trinajstić information content (AvgIpc) is 3.85. The number of benzene rings is 9. The van der Waals surface area contributed by atoms with E-state index in [9.17, 15) is 0 Å². The van der Waals surface area contributed by atoms with Crippen LogP contribution in [0, 0.1) is 0 Å². The molecule has 270 valence electrons. The van der Waals surface area contributed by atoms with Crippen LogP contribution in [-0.2, 0) is 0 Å². The topological polar surface area (TPSA) is 43.9 Å². The summed E-state index contributed by atoms with van der Waals surface area (Å²) in [6.07, 6.45) is 0. The second kappa shape index (κ2) is 12.9. The van der Waals surface area contributed by atoms with Gasteiger partial charge >= 0.3 is 0 Å². The predicted octanol–water partition coefficient (Wildman–Crippen LogP) is 14.4. The van der Waals surface area contributed by atoms with Crippen molar-refractivity contribution in [2.24, 2.45) is 0 Å². The van der Waals surface area contributed by atoms with E-state index in [1.807, 2.05) is 18.2 Å². The fraction of sp³-hybridized carbons (Fsp3) is 0. The van der Waals surface area contributed by atoms with Crippen LogP contribution in [0.3, 0.4) is 0 Å². The number of para-hydroxylation sites is 3. The number of rotatable bonds is 5. The zero-order chi connectivity index (χ0) is 38.2. The van der Waals surface area contributed by atoms with E-state index in [-0.39, 0.29) is 0 Å². The third kappa shape index (κ3) is 5.02. The van der Waals surface area contributed by atoms with Crippen LogP contribution in [0.5, 0.6) is 0 Å². The molecule has 0 N–H and O–H groups in total. The molecule has 58 heavy (non-hydrogen) atoms. The molecule has 0 spiro atoms. The van der Waals surface area contributed by atoms with Crippen LogP contribution in [0.1, 0.15) is 0 Å². The molecule has 0 saturated carbocycles. The molecule has 3 heterocycles. The minimum atomic E-state index is 0.644. The van der Waals surface area contributed by atoms with Gasteiger partial charge in [-0.15, -0.1) is 0 Å². The third-order valence-corrected chi connectivity index (χ3v) is 11.6. The Labute approximate surface area is 333 Å². The summed E-state index contributed by atoms with van der Waals surface area (Å²) in [5.41, 5.74) is 13.6. The summed E-state index contributed by atoms with van der Waals surface area (Å²) in [6, 6.07) is 70.9. The van der Waals surface area contributed by atoms with Crippen molar-refractivity contribution >= 4 is 65.4 Å². The van der Waals surface area contributed by atoms with Gasteiger partial charge in [-0.25, -0.2) is 9.97 Å². The standard InChI is InChI=1S/C54H33N3O/c1-2-15-35(16-3-1)52-43-22-6-8-27-46(43)55-54(56-52)57-47-31-30-34-14-4-5-21-40(34)50(47)45-26-12-25-42(53(45)57)39-20-11-18-37(33-39)36-17-10-19-38(32-36)41-24-13-29-49-51(41)44-23-7-9-28-48(44)58-49/h1-33H. The van der Waals surface area contributed by atoms with E-state index in [4.69, 9.17) is 14.4 Å². The molecule has 0 unspecified atom stereocenters. The van der Waals surface area contributed by atoms with Gasteiger partial charge in [-0.05, 0) is 75.0 Å². The molecule has 0 aliphatic heterocycles. The van der Waals surface area contributed by atoms with Gasteiger partial charge in [-0.3, -0.25) is 4.57 Å². The molecule has 0 saturated heterocycles. The summed E-state index contributed by atoms with van der Waals surface area (Å²) in [5, 5.41) is 8.05. The number of aromatic nitrogens is 3. The SMILES string of the molecule is c1ccc(-c2nc(-n3c4ccc5ccccc5c4c4cccc(-c5cccc(-c6cccc(-c7cccc8oc9ccccc9c78)c6)c5)c43)nc3ccccc23)cc1. The van der Waals surface area contributed by atoms with E-state index >= 15 is 0 Å². The summed E-state index contributed by atoms with van der Waals surface area (Å²) >= 11 is 0. The van der Waals surface area contributed by atoms with Crippen molar-refractivity contribution in [2.75, 3.05) is 0 Å². The third-order valence-electron chi connectivity index (χ3n) is 11.6. The number of nitrogens with zero attached hydrogens (tertiary/aromatic N) is 3. The molecule has 0 atom stereocenters. The van der Waals surface area contributed by atoms with Gasteiger partial charge in [0.1, 0.15) is 11.2 Å². The summed E-state index contributed by atoms with van der Waals surface area (Å²) in [7, 11) is 0. The van der Waals surface area contributed by atoms with E-state index in [1.165, 1.54) is 16.2 Å². The van der Waals surface area contributed by atoms with Crippen molar-refractivity contribution in [3.05, 3.63) is 200 Å². The van der Waals surface area contributed by atoms with Crippen molar-refractivity contribution in [1.29, 1.82) is 0 Å². The molecule has 3 aromatic heterocycles. The van der Waals surface area contributed by atoms with Crippen molar-refractivity contribution in [2.45, 2.75) is 0 Å². The zero-order valence-corrected chi connectivity index (χ0v) is 31.3. The normalized spacial score (nSPS) is 11.8. The average molecular weight is 740 g/mol. The Bertz CT molecular complexity index is 3580. The van der Waals surface area contributed by atoms with Crippen LogP contribution in [0.25, 0.3) is 116 Å². The zero-order valence-electron chi connectivity index (χ0n) is 31.3. The van der Waals surface area contributed by atoms with Gasteiger partial charge in [0.25, 0.3) is 0 Å². The molecular weight excluding hydrogens is 707 g/mol. The van der Waals surface area contributed by atoms with Gasteiger partial charge < -0.3 is 4.42 Å². The first kappa shape index (κ1) is 32.4. The number of furan rings is 1. The fourth-order valence-corrected chi connectivity index (χ4v) is 9.00. The molecule has 0 aliphatic carbocycles. The van der Waals surface area contributed by atoms with Gasteiger partial charge in [0.05, 0.1) is 22.2 Å². The van der Waals surface area contributed by atoms with Crippen molar-refractivity contribution in [3.8, 4) is 50.6 Å². The van der Waals surface area contributed by atoms with E-state index < -0.39 is 0 Å². The monoisotopic (exact) mass is 739 g/mol. The first-order valence-corrected chi connectivity index (χ1v) is 19.7. The second-order valence-electron chi connectivity index (χ2n) is 14.9. The molecule has 4 nitrogen and oxygen atoms in total. The largest absolute Gasteiger partial charge is 0.456 e. The lowest BCUT2D eigenvalue weighted by Gasteiger charge is -2.14. The van der Waals surface area contributed by atoms with Gasteiger partial charge in [0.2, 0.25) is 5.95 Å². The van der Waals surface area contributed by atoms with Crippen LogP contribution in [0.4, 0.5) is 0 Å². The minimum absolute atomic E-state index is 0.644. The van der Waals surface area contributed by atoms with Crippen LogP contribution in [0.2, 0.25) is 0 Å². The lowest BCUT2D eigenvalue weighted by molar-refractivity contribution is 0.669. The molecule has 4 heteroatoms. The second-order valence-corrected chi connectivity index (χ2v) is 14.9. The Balaban J connectivity index is 1.09. The Morgan fingerprint density at radius 1 is 0.379 bits per heavy atom. The molecule has 12 aromatic rings. The Morgan fingerprint density at radius 3 is 1.83 bits per heavy atom. The maximum atomic E-state index is 6.26. The van der Waals surface area contributed by atoms with E-state index in [1.54, 1.807) is 0 Å². The summed E-state index contributed by atoms with van der Waals surface area (Å²) in [4.78, 5) is 10.7. The highest BCUT2D eigenvalue weighted by Gasteiger charge is 2.22.